The number of para-hydroxylation sites is 2. The Morgan fingerprint density at radius 2 is 0.571 bits per heavy atom. The summed E-state index contributed by atoms with van der Waals surface area (Å²) >= 11 is 0. The minimum Gasteiger partial charge on any atom is -0.508 e. The average Bonchev–Trinajstić information content (AvgIpc) is 3.07. The molecular weight excluding hydrogens is 740 g/mol. The van der Waals surface area contributed by atoms with Gasteiger partial charge in [-0.15, -0.1) is 0 Å². The van der Waals surface area contributed by atoms with Gasteiger partial charge in [0.1, 0.15) is 11.5 Å². The molecule has 0 aliphatic rings. The second kappa shape index (κ2) is 38.3. The minimum atomic E-state index is -3.36. The van der Waals surface area contributed by atoms with E-state index in [4.69, 9.17) is 36.8 Å². The summed E-state index contributed by atoms with van der Waals surface area (Å²) in [6, 6.07) is 17.4. The molecule has 0 bridgehead atoms. The van der Waals surface area contributed by atoms with Gasteiger partial charge < -0.3 is 46.4 Å². The van der Waals surface area contributed by atoms with Gasteiger partial charge in [0, 0.05) is 65.8 Å². The number of aromatic hydroxyl groups is 2. The molecule has 13 heteroatoms. The number of phenols is 2. The first kappa shape index (κ1) is 52.4. The van der Waals surface area contributed by atoms with Gasteiger partial charge in [0.05, 0.1) is 0 Å². The molecule has 2 rings (SSSR count). The maximum atomic E-state index is 10.2. The van der Waals surface area contributed by atoms with E-state index in [1.807, 2.05) is 12.1 Å². The van der Waals surface area contributed by atoms with Crippen LogP contribution in [0.15, 0.2) is 60.7 Å². The van der Waals surface area contributed by atoms with Crippen LogP contribution in [0.1, 0.15) is 119 Å². The van der Waals surface area contributed by atoms with Crippen LogP contribution in [0, 0.1) is 0 Å². The van der Waals surface area contributed by atoms with Crippen LogP contribution in [0.2, 0.25) is 0 Å². The fraction of sp³-hybridized carbons (Fsp3) is 0.667. The van der Waals surface area contributed by atoms with Gasteiger partial charge in [-0.25, -0.2) is 0 Å². The number of hydrogen-bond donors (Lipinski definition) is 4. The first-order valence-electron chi connectivity index (χ1n) is 17.9. The minimum absolute atomic E-state index is 0. The third-order valence-electron chi connectivity index (χ3n) is 6.21. The van der Waals surface area contributed by atoms with Crippen LogP contribution >= 0.6 is 0 Å². The molecular formula is C36H68O10Si2Zr. The van der Waals surface area contributed by atoms with Gasteiger partial charge in [-0.2, -0.15) is 0 Å². The third-order valence-corrected chi connectivity index (χ3v) is 9.62. The van der Waals surface area contributed by atoms with Crippen LogP contribution in [0.3, 0.4) is 0 Å². The van der Waals surface area contributed by atoms with Crippen LogP contribution < -0.4 is 0 Å². The van der Waals surface area contributed by atoms with Gasteiger partial charge in [-0.05, 0) is 62.8 Å². The average molecular weight is 808 g/mol. The smallest absolute Gasteiger partial charge is 0.508 e. The topological polar surface area (TPSA) is 136 Å². The molecule has 0 atom stereocenters. The molecule has 0 saturated carbocycles. The van der Waals surface area contributed by atoms with Crippen molar-refractivity contribution >= 4 is 18.1 Å². The largest absolute Gasteiger partial charge is 0.676 e. The molecule has 0 heterocycles. The van der Waals surface area contributed by atoms with Gasteiger partial charge in [0.25, 0.3) is 0 Å². The van der Waals surface area contributed by atoms with E-state index in [1.165, 1.54) is 0 Å². The maximum absolute atomic E-state index is 10.2. The van der Waals surface area contributed by atoms with Crippen molar-refractivity contribution < 1.29 is 72.6 Å². The fourth-order valence-electron chi connectivity index (χ4n) is 3.18. The van der Waals surface area contributed by atoms with E-state index < -0.39 is 18.1 Å². The van der Waals surface area contributed by atoms with Crippen molar-refractivity contribution in [2.24, 2.45) is 0 Å². The van der Waals surface area contributed by atoms with Crippen molar-refractivity contribution in [2.75, 3.05) is 39.6 Å². The Morgan fingerprint density at radius 1 is 0.388 bits per heavy atom. The predicted octanol–water partition coefficient (Wildman–Crippen LogP) is 8.51. The molecule has 0 aliphatic carbocycles. The number of phenolic OH excluding ortho intramolecular Hbond substituents is 2. The summed E-state index contributed by atoms with van der Waals surface area (Å²) in [7, 11) is -6.72. The molecule has 0 saturated heterocycles. The zero-order chi connectivity index (χ0) is 36.2. The van der Waals surface area contributed by atoms with Gasteiger partial charge in [-0.3, -0.25) is 0 Å². The molecule has 0 spiro atoms. The van der Waals surface area contributed by atoms with Crippen LogP contribution in [-0.2, 0) is 52.8 Å². The standard InChI is InChI=1S/2C12H28O4Si.2C6H6O.Zr/c2*1-4-7-10-14-17(13,15-11-8-5-2)16-12-9-6-3;2*7-6-4-2-1-3-5-6;/h2*13H,4-12H2,1-3H3;2*1-5,7H;. The number of rotatable bonds is 24. The molecule has 0 aromatic heterocycles. The molecule has 0 fully saturated rings. The second-order valence-corrected chi connectivity index (χ2v) is 14.8. The van der Waals surface area contributed by atoms with Gasteiger partial charge >= 0.3 is 18.1 Å². The number of unbranched alkanes of at least 4 members (excludes halogenated alkanes) is 6. The third kappa shape index (κ3) is 36.6. The summed E-state index contributed by atoms with van der Waals surface area (Å²) in [4.78, 5) is 20.3. The Balaban J connectivity index is -0.000000613. The van der Waals surface area contributed by atoms with E-state index in [2.05, 4.69) is 41.5 Å². The van der Waals surface area contributed by atoms with Crippen molar-refractivity contribution in [1.82, 2.24) is 0 Å². The monoisotopic (exact) mass is 806 g/mol. The first-order chi connectivity index (χ1) is 23.2. The van der Waals surface area contributed by atoms with E-state index in [0.29, 0.717) is 51.1 Å². The van der Waals surface area contributed by atoms with Crippen molar-refractivity contribution in [1.29, 1.82) is 0 Å². The molecule has 0 radical (unpaired) electrons. The SMILES string of the molecule is CCCCO[Si](O)(OCCCC)OCCCC.CCCCO[Si](O)(OCCCC)OCCCC.Oc1ccccc1.Oc1ccccc1.[Zr]. The molecule has 4 N–H and O–H groups in total. The van der Waals surface area contributed by atoms with Gasteiger partial charge in [0.15, 0.2) is 0 Å². The van der Waals surface area contributed by atoms with Gasteiger partial charge in [0.2, 0.25) is 0 Å². The second-order valence-electron chi connectivity index (χ2n) is 10.9. The van der Waals surface area contributed by atoms with Crippen LogP contribution in [0.5, 0.6) is 11.5 Å². The predicted molar refractivity (Wildman–Crippen MR) is 197 cm³/mol. The zero-order valence-electron chi connectivity index (χ0n) is 31.2. The summed E-state index contributed by atoms with van der Waals surface area (Å²) in [5.74, 6) is 0.644. The van der Waals surface area contributed by atoms with Crippen LogP contribution in [0.25, 0.3) is 0 Å². The normalized spacial score (nSPS) is 10.8. The number of benzene rings is 2. The van der Waals surface area contributed by atoms with E-state index in [-0.39, 0.29) is 26.2 Å². The molecule has 0 aliphatic heterocycles. The quantitative estimate of drug-likeness (QED) is 0.0604. The Labute approximate surface area is 319 Å². The van der Waals surface area contributed by atoms with Crippen molar-refractivity contribution in [3.63, 3.8) is 0 Å². The zero-order valence-corrected chi connectivity index (χ0v) is 35.7. The van der Waals surface area contributed by atoms with E-state index in [9.17, 15) is 9.59 Å². The van der Waals surface area contributed by atoms with E-state index >= 15 is 0 Å². The molecule has 0 unspecified atom stereocenters. The fourth-order valence-corrected chi connectivity index (χ4v) is 6.09. The van der Waals surface area contributed by atoms with Crippen molar-refractivity contribution in [3.8, 4) is 11.5 Å². The molecule has 2 aromatic carbocycles. The van der Waals surface area contributed by atoms with Gasteiger partial charge in [-0.1, -0.05) is 116 Å². The Bertz CT molecular complexity index is 777. The van der Waals surface area contributed by atoms with Crippen molar-refractivity contribution in [3.05, 3.63) is 60.7 Å². The summed E-state index contributed by atoms with van der Waals surface area (Å²) in [6.07, 6.45) is 11.7. The Kier molecular flexibility index (Phi) is 40.9. The van der Waals surface area contributed by atoms with E-state index in [1.54, 1.807) is 48.5 Å². The number of hydrogen-bond acceptors (Lipinski definition) is 10. The van der Waals surface area contributed by atoms with E-state index in [0.717, 1.165) is 77.0 Å². The van der Waals surface area contributed by atoms with Crippen molar-refractivity contribution in [2.45, 2.75) is 119 Å². The Hall–Kier alpha value is -0.963. The summed E-state index contributed by atoms with van der Waals surface area (Å²) in [5, 5.41) is 17.3. The Morgan fingerprint density at radius 3 is 0.694 bits per heavy atom. The van der Waals surface area contributed by atoms with Crippen LogP contribution in [-0.4, -0.2) is 77.5 Å². The summed E-state index contributed by atoms with van der Waals surface area (Å²) in [5.41, 5.74) is 0. The van der Waals surface area contributed by atoms with Crippen LogP contribution in [0.4, 0.5) is 0 Å². The molecule has 0 amide bonds. The molecule has 49 heavy (non-hydrogen) atoms. The summed E-state index contributed by atoms with van der Waals surface area (Å²) in [6.45, 7) is 15.6. The first-order valence-corrected chi connectivity index (χ1v) is 21.3. The molecule has 2 aromatic rings. The molecule has 10 nitrogen and oxygen atoms in total. The summed E-state index contributed by atoms with van der Waals surface area (Å²) < 4.78 is 32.5. The molecule has 284 valence electrons. The maximum Gasteiger partial charge on any atom is 0.676 e.